The minimum Gasteiger partial charge on any atom is -0.361 e. The van der Waals surface area contributed by atoms with Crippen molar-refractivity contribution in [1.29, 1.82) is 0 Å². The summed E-state index contributed by atoms with van der Waals surface area (Å²) >= 11 is 0. The summed E-state index contributed by atoms with van der Waals surface area (Å²) in [6.45, 7) is 1.91. The van der Waals surface area contributed by atoms with Gasteiger partial charge < -0.3 is 9.84 Å². The first-order valence-electron chi connectivity index (χ1n) is 4.19. The number of nitrogens with one attached hydrogen (secondary N) is 2. The van der Waals surface area contributed by atoms with Crippen LogP contribution in [0.5, 0.6) is 0 Å². The Labute approximate surface area is 84.0 Å². The molecule has 15 heavy (non-hydrogen) atoms. The van der Waals surface area contributed by atoms with E-state index in [0.29, 0.717) is 11.6 Å². The number of amides is 1. The van der Waals surface area contributed by atoms with Crippen molar-refractivity contribution in [2.45, 2.75) is 13.5 Å². The summed E-state index contributed by atoms with van der Waals surface area (Å²) in [5.74, 6) is 0.653. The number of nitrogens with zero attached hydrogens (tertiary/aromatic N) is 4. The lowest BCUT2D eigenvalue weighted by Crippen LogP contribution is -2.23. The van der Waals surface area contributed by atoms with Gasteiger partial charge >= 0.3 is 0 Å². The minimum atomic E-state index is -0.336. The Morgan fingerprint density at radius 3 is 3.13 bits per heavy atom. The van der Waals surface area contributed by atoms with Crippen molar-refractivity contribution in [2.24, 2.45) is 0 Å². The Balaban J connectivity index is 1.93. The Morgan fingerprint density at radius 1 is 1.67 bits per heavy atom. The summed E-state index contributed by atoms with van der Waals surface area (Å²) in [4.78, 5) is 11.4. The van der Waals surface area contributed by atoms with Gasteiger partial charge in [-0.15, -0.1) is 10.2 Å². The van der Waals surface area contributed by atoms with Gasteiger partial charge in [0, 0.05) is 6.07 Å². The molecule has 0 radical (unpaired) electrons. The third-order valence-corrected chi connectivity index (χ3v) is 1.66. The number of carbonyl (C=O) groups excluding carboxylic acids is 1. The van der Waals surface area contributed by atoms with E-state index in [9.17, 15) is 4.79 Å². The molecule has 8 nitrogen and oxygen atoms in total. The fourth-order valence-electron chi connectivity index (χ4n) is 0.981. The summed E-state index contributed by atoms with van der Waals surface area (Å²) < 4.78 is 4.76. The van der Waals surface area contributed by atoms with Crippen LogP contribution in [-0.4, -0.2) is 31.7 Å². The lowest BCUT2D eigenvalue weighted by Gasteiger charge is -1.96. The number of rotatable bonds is 3. The quantitative estimate of drug-likeness (QED) is 0.698. The lowest BCUT2D eigenvalue weighted by molar-refractivity contribution is 0.0941. The molecule has 0 aliphatic rings. The molecule has 0 aliphatic carbocycles. The third kappa shape index (κ3) is 2.16. The molecule has 0 fully saturated rings. The van der Waals surface area contributed by atoms with Crippen molar-refractivity contribution in [3.8, 4) is 0 Å². The lowest BCUT2D eigenvalue weighted by atomic mass is 10.3. The molecule has 2 heterocycles. The van der Waals surface area contributed by atoms with Gasteiger partial charge in [-0.25, -0.2) is 0 Å². The van der Waals surface area contributed by atoms with Gasteiger partial charge in [0.1, 0.15) is 5.76 Å². The zero-order valence-electron chi connectivity index (χ0n) is 7.89. The van der Waals surface area contributed by atoms with Gasteiger partial charge in [-0.1, -0.05) is 10.4 Å². The summed E-state index contributed by atoms with van der Waals surface area (Å²) in [5, 5.41) is 19.1. The zero-order chi connectivity index (χ0) is 10.7. The van der Waals surface area contributed by atoms with Crippen LogP contribution in [0.3, 0.4) is 0 Å². The molecule has 0 aliphatic heterocycles. The summed E-state index contributed by atoms with van der Waals surface area (Å²) in [7, 11) is 0. The van der Waals surface area contributed by atoms with Crippen LogP contribution in [0.4, 0.5) is 0 Å². The Hall–Kier alpha value is -2.25. The van der Waals surface area contributed by atoms with Crippen molar-refractivity contribution in [2.75, 3.05) is 0 Å². The molecule has 0 bridgehead atoms. The molecular weight excluding hydrogens is 200 g/mol. The van der Waals surface area contributed by atoms with E-state index < -0.39 is 0 Å². The van der Waals surface area contributed by atoms with Crippen molar-refractivity contribution >= 4 is 5.91 Å². The molecule has 2 aromatic heterocycles. The maximum Gasteiger partial charge on any atom is 0.273 e. The number of H-pyrrole nitrogens is 1. The molecule has 2 aromatic rings. The normalized spacial score (nSPS) is 10.2. The maximum atomic E-state index is 11.4. The highest BCUT2D eigenvalue weighted by atomic mass is 16.5. The van der Waals surface area contributed by atoms with E-state index >= 15 is 0 Å². The highest BCUT2D eigenvalue weighted by Gasteiger charge is 2.10. The summed E-state index contributed by atoms with van der Waals surface area (Å²) in [5.41, 5.74) is 0.232. The van der Waals surface area contributed by atoms with Gasteiger partial charge in [0.05, 0.1) is 6.54 Å². The SMILES string of the molecule is Cc1cc(C(=O)NCc2nn[nH]n2)no1. The van der Waals surface area contributed by atoms with Gasteiger partial charge in [0.25, 0.3) is 5.91 Å². The first-order valence-corrected chi connectivity index (χ1v) is 4.19. The van der Waals surface area contributed by atoms with Crippen LogP contribution in [-0.2, 0) is 6.54 Å². The largest absolute Gasteiger partial charge is 0.361 e. The maximum absolute atomic E-state index is 11.4. The fraction of sp³-hybridized carbons (Fsp3) is 0.286. The fourth-order valence-corrected chi connectivity index (χ4v) is 0.981. The molecule has 0 spiro atoms. The predicted octanol–water partition coefficient (Wildman–Crippen LogP) is -0.574. The average Bonchev–Trinajstić information content (AvgIpc) is 2.84. The second kappa shape index (κ2) is 3.86. The number of tetrazole rings is 1. The first-order chi connectivity index (χ1) is 7.25. The van der Waals surface area contributed by atoms with E-state index in [2.05, 4.69) is 31.1 Å². The topological polar surface area (TPSA) is 110 Å². The molecule has 2 rings (SSSR count). The van der Waals surface area contributed by atoms with Crippen LogP contribution >= 0.6 is 0 Å². The van der Waals surface area contributed by atoms with Gasteiger partial charge in [0.2, 0.25) is 0 Å². The summed E-state index contributed by atoms with van der Waals surface area (Å²) in [6.07, 6.45) is 0. The first kappa shape index (κ1) is 9.31. The van der Waals surface area contributed by atoms with E-state index in [0.717, 1.165) is 0 Å². The number of hydrogen-bond acceptors (Lipinski definition) is 6. The second-order valence-electron chi connectivity index (χ2n) is 2.83. The van der Waals surface area contributed by atoms with E-state index in [1.807, 2.05) is 0 Å². The minimum absolute atomic E-state index is 0.196. The van der Waals surface area contributed by atoms with Gasteiger partial charge in [-0.2, -0.15) is 5.21 Å². The van der Waals surface area contributed by atoms with Gasteiger partial charge in [-0.05, 0) is 6.92 Å². The van der Waals surface area contributed by atoms with Crippen LogP contribution in [0.2, 0.25) is 0 Å². The standard InChI is InChI=1S/C7H8N6O2/c1-4-2-5(11-15-4)7(14)8-3-6-9-12-13-10-6/h2H,3H2,1H3,(H,8,14)(H,9,10,12,13). The highest BCUT2D eigenvalue weighted by molar-refractivity contribution is 5.92. The molecule has 0 unspecified atom stereocenters. The van der Waals surface area contributed by atoms with Crippen LogP contribution in [0.15, 0.2) is 10.6 Å². The molecule has 0 atom stereocenters. The van der Waals surface area contributed by atoms with Crippen molar-refractivity contribution in [3.63, 3.8) is 0 Å². The monoisotopic (exact) mass is 208 g/mol. The Kier molecular flexibility index (Phi) is 2.40. The van der Waals surface area contributed by atoms with E-state index in [-0.39, 0.29) is 18.1 Å². The van der Waals surface area contributed by atoms with Crippen LogP contribution < -0.4 is 5.32 Å². The molecule has 2 N–H and O–H groups in total. The average molecular weight is 208 g/mol. The summed E-state index contributed by atoms with van der Waals surface area (Å²) in [6, 6.07) is 1.55. The van der Waals surface area contributed by atoms with Gasteiger partial charge in [-0.3, -0.25) is 4.79 Å². The number of aryl methyl sites for hydroxylation is 1. The number of aromatic nitrogens is 5. The molecular formula is C7H8N6O2. The Morgan fingerprint density at radius 2 is 2.53 bits per heavy atom. The van der Waals surface area contributed by atoms with E-state index in [1.54, 1.807) is 13.0 Å². The molecule has 78 valence electrons. The second-order valence-corrected chi connectivity index (χ2v) is 2.83. The highest BCUT2D eigenvalue weighted by Crippen LogP contribution is 2.00. The van der Waals surface area contributed by atoms with Crippen LogP contribution in [0.25, 0.3) is 0 Å². The third-order valence-electron chi connectivity index (χ3n) is 1.66. The molecule has 8 heteroatoms. The number of hydrogen-bond donors (Lipinski definition) is 2. The van der Waals surface area contributed by atoms with E-state index in [4.69, 9.17) is 4.52 Å². The van der Waals surface area contributed by atoms with Crippen molar-refractivity contribution in [3.05, 3.63) is 23.3 Å². The van der Waals surface area contributed by atoms with Crippen molar-refractivity contribution < 1.29 is 9.32 Å². The van der Waals surface area contributed by atoms with Gasteiger partial charge in [0.15, 0.2) is 11.5 Å². The Bertz CT molecular complexity index is 448. The number of aromatic amines is 1. The van der Waals surface area contributed by atoms with Crippen LogP contribution in [0, 0.1) is 6.92 Å². The molecule has 0 aromatic carbocycles. The molecule has 0 saturated heterocycles. The molecule has 1 amide bonds. The van der Waals surface area contributed by atoms with Crippen molar-refractivity contribution in [1.82, 2.24) is 31.1 Å². The zero-order valence-corrected chi connectivity index (χ0v) is 7.89. The molecule has 0 saturated carbocycles. The smallest absolute Gasteiger partial charge is 0.273 e. The predicted molar refractivity (Wildman–Crippen MR) is 46.6 cm³/mol. The van der Waals surface area contributed by atoms with Crippen LogP contribution in [0.1, 0.15) is 22.1 Å². The van der Waals surface area contributed by atoms with E-state index in [1.165, 1.54) is 0 Å². The number of carbonyl (C=O) groups is 1.